The lowest BCUT2D eigenvalue weighted by Gasteiger charge is -1.99. The average Bonchev–Trinajstić information content (AvgIpc) is 3.29. The van der Waals surface area contributed by atoms with E-state index in [9.17, 15) is 14.9 Å². The summed E-state index contributed by atoms with van der Waals surface area (Å²) in [5, 5.41) is 14.3. The van der Waals surface area contributed by atoms with Crippen LogP contribution in [-0.2, 0) is 4.79 Å². The van der Waals surface area contributed by atoms with Gasteiger partial charge in [0.15, 0.2) is 5.17 Å². The lowest BCUT2D eigenvalue weighted by atomic mass is 10.1. The van der Waals surface area contributed by atoms with Crippen LogP contribution in [0.1, 0.15) is 5.76 Å². The summed E-state index contributed by atoms with van der Waals surface area (Å²) in [5.41, 5.74) is 1.01. The van der Waals surface area contributed by atoms with Gasteiger partial charge in [-0.05, 0) is 54.2 Å². The van der Waals surface area contributed by atoms with Crippen molar-refractivity contribution in [3.05, 3.63) is 84.9 Å². The normalized spacial score (nSPS) is 16.3. The molecule has 0 atom stereocenters. The van der Waals surface area contributed by atoms with Crippen molar-refractivity contribution in [2.24, 2.45) is 4.99 Å². The van der Waals surface area contributed by atoms with Crippen molar-refractivity contribution in [3.8, 4) is 11.3 Å². The molecule has 0 unspecified atom stereocenters. The Morgan fingerprint density at radius 1 is 1.20 bits per heavy atom. The number of aliphatic imine (C=N–C) groups is 1. The summed E-state index contributed by atoms with van der Waals surface area (Å²) in [4.78, 5) is 27.6. The highest BCUT2D eigenvalue weighted by Crippen LogP contribution is 2.33. The topological polar surface area (TPSA) is 97.7 Å². The molecule has 1 N–H and O–H groups in total. The molecule has 2 aromatic carbocycles. The Morgan fingerprint density at radius 2 is 2.03 bits per heavy atom. The summed E-state index contributed by atoms with van der Waals surface area (Å²) >= 11 is 10.4. The quantitative estimate of drug-likeness (QED) is 0.261. The molecular formula is C20H11BrClN3O4S. The van der Waals surface area contributed by atoms with Crippen LogP contribution in [0.3, 0.4) is 0 Å². The first-order valence-electron chi connectivity index (χ1n) is 8.48. The summed E-state index contributed by atoms with van der Waals surface area (Å²) < 4.78 is 6.63. The molecule has 0 saturated carbocycles. The van der Waals surface area contributed by atoms with Gasteiger partial charge in [-0.15, -0.1) is 0 Å². The molecule has 1 aliphatic rings. The Morgan fingerprint density at radius 3 is 2.80 bits per heavy atom. The number of halogens is 2. The number of thioether (sulfide) groups is 1. The molecular weight excluding hydrogens is 494 g/mol. The molecule has 1 saturated heterocycles. The van der Waals surface area contributed by atoms with E-state index in [4.69, 9.17) is 16.0 Å². The summed E-state index contributed by atoms with van der Waals surface area (Å²) in [6.45, 7) is 0. The number of hydrogen-bond donors (Lipinski definition) is 1. The third kappa shape index (κ3) is 4.48. The third-order valence-electron chi connectivity index (χ3n) is 4.02. The molecule has 3 aromatic rings. The molecule has 150 valence electrons. The summed E-state index contributed by atoms with van der Waals surface area (Å²) in [5.74, 6) is 0.575. The third-order valence-corrected chi connectivity index (χ3v) is 5.74. The lowest BCUT2D eigenvalue weighted by Crippen LogP contribution is -2.19. The van der Waals surface area contributed by atoms with E-state index in [1.54, 1.807) is 24.3 Å². The molecule has 30 heavy (non-hydrogen) atoms. The number of nitrogens with one attached hydrogen (secondary N) is 1. The minimum Gasteiger partial charge on any atom is -0.457 e. The Bertz CT molecular complexity index is 1240. The fraction of sp³-hybridized carbons (Fsp3) is 0. The van der Waals surface area contributed by atoms with E-state index in [0.29, 0.717) is 32.8 Å². The first-order valence-corrected chi connectivity index (χ1v) is 10.5. The Hall–Kier alpha value is -2.88. The highest BCUT2D eigenvalue weighted by molar-refractivity contribution is 9.10. The van der Waals surface area contributed by atoms with Crippen LogP contribution in [-0.4, -0.2) is 16.0 Å². The molecule has 0 bridgehead atoms. The van der Waals surface area contributed by atoms with Crippen LogP contribution in [0.15, 0.2) is 73.4 Å². The van der Waals surface area contributed by atoms with Gasteiger partial charge in [0, 0.05) is 22.2 Å². The number of carbonyl (C=O) groups excluding carboxylic acids is 1. The fourth-order valence-electron chi connectivity index (χ4n) is 2.66. The molecule has 2 heterocycles. The number of benzene rings is 2. The first-order chi connectivity index (χ1) is 14.4. The monoisotopic (exact) mass is 503 g/mol. The first kappa shape index (κ1) is 20.4. The highest BCUT2D eigenvalue weighted by Gasteiger charge is 2.24. The largest absolute Gasteiger partial charge is 0.457 e. The predicted molar refractivity (Wildman–Crippen MR) is 121 cm³/mol. The summed E-state index contributed by atoms with van der Waals surface area (Å²) in [6.07, 6.45) is 1.59. The molecule has 10 heteroatoms. The maximum Gasteiger partial charge on any atom is 0.288 e. The predicted octanol–water partition coefficient (Wildman–Crippen LogP) is 6.16. The van der Waals surface area contributed by atoms with E-state index in [1.165, 1.54) is 23.9 Å². The van der Waals surface area contributed by atoms with Crippen molar-refractivity contribution in [2.75, 3.05) is 0 Å². The Balaban J connectivity index is 1.56. The molecule has 1 amide bonds. The second kappa shape index (κ2) is 8.47. The molecule has 0 aliphatic carbocycles. The average molecular weight is 505 g/mol. The van der Waals surface area contributed by atoms with Crippen LogP contribution in [0.2, 0.25) is 5.02 Å². The Kier molecular flexibility index (Phi) is 5.76. The molecule has 0 radical (unpaired) electrons. The standard InChI is InChI=1S/C20H11BrClN3O4S/c21-12-2-1-3-13(9-12)23-20-24-19(26)18(30-20)10-14-5-7-17(29-14)11-4-6-15(22)16(8-11)25(27)28/h1-10H,(H,23,24,26)/b18-10+. The summed E-state index contributed by atoms with van der Waals surface area (Å²) in [6, 6.07) is 15.2. The molecule has 1 aliphatic heterocycles. The van der Waals surface area contributed by atoms with Crippen molar-refractivity contribution in [1.29, 1.82) is 0 Å². The van der Waals surface area contributed by atoms with Crippen molar-refractivity contribution < 1.29 is 14.1 Å². The van der Waals surface area contributed by atoms with Crippen LogP contribution in [0.5, 0.6) is 0 Å². The zero-order valence-corrected chi connectivity index (χ0v) is 18.1. The number of amidine groups is 1. The van der Waals surface area contributed by atoms with Gasteiger partial charge in [0.1, 0.15) is 16.5 Å². The maximum absolute atomic E-state index is 12.3. The van der Waals surface area contributed by atoms with Crippen molar-refractivity contribution in [2.45, 2.75) is 0 Å². The van der Waals surface area contributed by atoms with E-state index in [1.807, 2.05) is 24.3 Å². The zero-order chi connectivity index (χ0) is 21.3. The zero-order valence-electron chi connectivity index (χ0n) is 15.0. The van der Waals surface area contributed by atoms with Gasteiger partial charge in [-0.3, -0.25) is 14.9 Å². The number of furan rings is 1. The van der Waals surface area contributed by atoms with Crippen molar-refractivity contribution in [3.63, 3.8) is 0 Å². The number of nitrogens with zero attached hydrogens (tertiary/aromatic N) is 2. The van der Waals surface area contributed by atoms with Crippen LogP contribution in [0.25, 0.3) is 17.4 Å². The minimum absolute atomic E-state index is 0.0499. The van der Waals surface area contributed by atoms with E-state index in [0.717, 1.165) is 4.47 Å². The van der Waals surface area contributed by atoms with Gasteiger partial charge in [0.25, 0.3) is 11.6 Å². The van der Waals surface area contributed by atoms with E-state index >= 15 is 0 Å². The van der Waals surface area contributed by atoms with Gasteiger partial charge >= 0.3 is 0 Å². The van der Waals surface area contributed by atoms with Gasteiger partial charge in [-0.2, -0.15) is 0 Å². The van der Waals surface area contributed by atoms with Crippen LogP contribution in [0.4, 0.5) is 11.4 Å². The second-order valence-corrected chi connectivity index (χ2v) is 8.44. The number of hydrogen-bond acceptors (Lipinski definition) is 6. The second-order valence-electron chi connectivity index (χ2n) is 6.09. The molecule has 1 aromatic heterocycles. The molecule has 4 rings (SSSR count). The van der Waals surface area contributed by atoms with Crippen molar-refractivity contribution >= 4 is 67.8 Å². The van der Waals surface area contributed by atoms with E-state index in [-0.39, 0.29) is 16.6 Å². The highest BCUT2D eigenvalue weighted by atomic mass is 79.9. The van der Waals surface area contributed by atoms with Gasteiger partial charge in [0.05, 0.1) is 15.5 Å². The molecule has 0 spiro atoms. The van der Waals surface area contributed by atoms with Gasteiger partial charge in [-0.25, -0.2) is 4.99 Å². The Labute approximate surface area is 188 Å². The van der Waals surface area contributed by atoms with Gasteiger partial charge < -0.3 is 9.73 Å². The summed E-state index contributed by atoms with van der Waals surface area (Å²) in [7, 11) is 0. The van der Waals surface area contributed by atoms with Crippen LogP contribution < -0.4 is 5.32 Å². The number of amides is 1. The number of nitro groups is 1. The number of rotatable bonds is 4. The van der Waals surface area contributed by atoms with Crippen LogP contribution >= 0.6 is 39.3 Å². The molecule has 1 fully saturated rings. The van der Waals surface area contributed by atoms with Crippen molar-refractivity contribution in [1.82, 2.24) is 5.32 Å². The minimum atomic E-state index is -0.552. The molecule has 7 nitrogen and oxygen atoms in total. The lowest BCUT2D eigenvalue weighted by molar-refractivity contribution is -0.384. The van der Waals surface area contributed by atoms with Gasteiger partial charge in [0.2, 0.25) is 0 Å². The maximum atomic E-state index is 12.3. The van der Waals surface area contributed by atoms with Crippen LogP contribution in [0, 0.1) is 10.1 Å². The smallest absolute Gasteiger partial charge is 0.288 e. The van der Waals surface area contributed by atoms with E-state index in [2.05, 4.69) is 26.2 Å². The van der Waals surface area contributed by atoms with E-state index < -0.39 is 4.92 Å². The number of nitro benzene ring substituents is 1. The fourth-order valence-corrected chi connectivity index (χ4v) is 4.06. The number of carbonyl (C=O) groups is 1. The van der Waals surface area contributed by atoms with Gasteiger partial charge in [-0.1, -0.05) is 33.6 Å². The SMILES string of the molecule is O=C1NC(=Nc2cccc(Br)c2)S/C1=C/c1ccc(-c2ccc(Cl)c([N+](=O)[O-])c2)o1.